The molecule has 0 atom stereocenters. The van der Waals surface area contributed by atoms with Crippen LogP contribution in [0.2, 0.25) is 10.0 Å². The third-order valence-electron chi connectivity index (χ3n) is 3.63. The van der Waals surface area contributed by atoms with Gasteiger partial charge in [-0.1, -0.05) is 47.1 Å². The number of amides is 1. The molecule has 1 N–H and O–H groups in total. The smallest absolute Gasteiger partial charge is 0.287 e. The Labute approximate surface area is 170 Å². The molecule has 0 aliphatic rings. The fourth-order valence-electron chi connectivity index (χ4n) is 2.30. The van der Waals surface area contributed by atoms with E-state index in [1.807, 2.05) is 10.6 Å². The SMILES string of the molecule is C=CCn1c(CNC(=O)c2ccco2)nnc1SCc1ccc(Cl)cc1Cl. The zero-order valence-corrected chi connectivity index (χ0v) is 16.5. The van der Waals surface area contributed by atoms with Crippen molar-refractivity contribution in [2.24, 2.45) is 0 Å². The number of nitrogens with one attached hydrogen (secondary N) is 1. The molecule has 2 aromatic heterocycles. The van der Waals surface area contributed by atoms with E-state index in [1.165, 1.54) is 18.0 Å². The van der Waals surface area contributed by atoms with Crippen molar-refractivity contribution in [2.45, 2.75) is 24.0 Å². The normalized spacial score (nSPS) is 10.7. The number of benzene rings is 1. The second kappa shape index (κ2) is 9.12. The quantitative estimate of drug-likeness (QED) is 0.424. The molecular formula is C18H16Cl2N4O2S. The molecule has 140 valence electrons. The maximum absolute atomic E-state index is 12.0. The second-order valence-electron chi connectivity index (χ2n) is 5.48. The Morgan fingerprint density at radius 2 is 2.19 bits per heavy atom. The Hall–Kier alpha value is -2.22. The number of allylic oxidation sites excluding steroid dienone is 1. The summed E-state index contributed by atoms with van der Waals surface area (Å²) in [5.41, 5.74) is 0.951. The van der Waals surface area contributed by atoms with Gasteiger partial charge in [0.1, 0.15) is 0 Å². The maximum atomic E-state index is 12.0. The third-order valence-corrected chi connectivity index (χ3v) is 5.23. The number of rotatable bonds is 8. The van der Waals surface area contributed by atoms with Gasteiger partial charge in [0.05, 0.1) is 12.8 Å². The number of halogens is 2. The van der Waals surface area contributed by atoms with Gasteiger partial charge in [-0.3, -0.25) is 4.79 Å². The van der Waals surface area contributed by atoms with E-state index in [2.05, 4.69) is 22.1 Å². The van der Waals surface area contributed by atoms with E-state index < -0.39 is 0 Å². The molecule has 3 aromatic rings. The van der Waals surface area contributed by atoms with E-state index in [9.17, 15) is 4.79 Å². The van der Waals surface area contributed by atoms with Crippen LogP contribution in [0.5, 0.6) is 0 Å². The molecule has 0 bridgehead atoms. The van der Waals surface area contributed by atoms with E-state index in [0.29, 0.717) is 33.3 Å². The number of carbonyl (C=O) groups is 1. The first-order valence-electron chi connectivity index (χ1n) is 8.00. The van der Waals surface area contributed by atoms with Crippen molar-refractivity contribution in [1.82, 2.24) is 20.1 Å². The van der Waals surface area contributed by atoms with Crippen LogP contribution in [-0.2, 0) is 18.8 Å². The van der Waals surface area contributed by atoms with Crippen LogP contribution in [0, 0.1) is 0 Å². The van der Waals surface area contributed by atoms with Crippen molar-refractivity contribution >= 4 is 40.9 Å². The summed E-state index contributed by atoms with van der Waals surface area (Å²) in [6, 6.07) is 8.65. The average Bonchev–Trinajstić information content (AvgIpc) is 3.30. The van der Waals surface area contributed by atoms with Crippen molar-refractivity contribution < 1.29 is 9.21 Å². The summed E-state index contributed by atoms with van der Waals surface area (Å²) in [6.07, 6.45) is 3.20. The molecule has 0 aliphatic heterocycles. The van der Waals surface area contributed by atoms with Crippen molar-refractivity contribution in [3.05, 3.63) is 76.4 Å². The van der Waals surface area contributed by atoms with Crippen LogP contribution in [0.4, 0.5) is 0 Å². The minimum Gasteiger partial charge on any atom is -0.459 e. The molecular weight excluding hydrogens is 407 g/mol. The van der Waals surface area contributed by atoms with Crippen LogP contribution in [0.3, 0.4) is 0 Å². The molecule has 0 saturated carbocycles. The summed E-state index contributed by atoms with van der Waals surface area (Å²) in [6.45, 7) is 4.52. The van der Waals surface area contributed by atoms with E-state index >= 15 is 0 Å². The number of hydrogen-bond donors (Lipinski definition) is 1. The zero-order chi connectivity index (χ0) is 19.2. The fourth-order valence-corrected chi connectivity index (χ4v) is 3.83. The number of aromatic nitrogens is 3. The lowest BCUT2D eigenvalue weighted by Crippen LogP contribution is -2.24. The molecule has 0 fully saturated rings. The third kappa shape index (κ3) is 4.94. The van der Waals surface area contributed by atoms with Gasteiger partial charge in [0, 0.05) is 22.3 Å². The summed E-state index contributed by atoms with van der Waals surface area (Å²) >= 11 is 13.6. The summed E-state index contributed by atoms with van der Waals surface area (Å²) in [7, 11) is 0. The number of thioether (sulfide) groups is 1. The predicted molar refractivity (Wildman–Crippen MR) is 106 cm³/mol. The molecule has 1 amide bonds. The fraction of sp³-hybridized carbons (Fsp3) is 0.167. The minimum atomic E-state index is -0.310. The molecule has 27 heavy (non-hydrogen) atoms. The molecule has 9 heteroatoms. The lowest BCUT2D eigenvalue weighted by atomic mass is 10.2. The highest BCUT2D eigenvalue weighted by Gasteiger charge is 2.15. The highest BCUT2D eigenvalue weighted by molar-refractivity contribution is 7.98. The average molecular weight is 423 g/mol. The van der Waals surface area contributed by atoms with E-state index in [1.54, 1.807) is 30.3 Å². The summed E-state index contributed by atoms with van der Waals surface area (Å²) in [4.78, 5) is 12.0. The first-order chi connectivity index (χ1) is 13.1. The molecule has 0 saturated heterocycles. The van der Waals surface area contributed by atoms with Gasteiger partial charge in [-0.05, 0) is 29.8 Å². The largest absolute Gasteiger partial charge is 0.459 e. The standard InChI is InChI=1S/C18H16Cl2N4O2S/c1-2-7-24-16(10-21-17(25)15-4-3-8-26-15)22-23-18(24)27-11-12-5-6-13(19)9-14(12)20/h2-6,8-9H,1,7,10-11H2,(H,21,25). The Bertz CT molecular complexity index is 941. The molecule has 6 nitrogen and oxygen atoms in total. The monoisotopic (exact) mass is 422 g/mol. The topological polar surface area (TPSA) is 73.0 Å². The first-order valence-corrected chi connectivity index (χ1v) is 9.74. The number of furan rings is 1. The van der Waals surface area contributed by atoms with Gasteiger partial charge in [0.15, 0.2) is 16.7 Å². The predicted octanol–water partition coefficient (Wildman–Crippen LogP) is 4.59. The summed E-state index contributed by atoms with van der Waals surface area (Å²) in [5, 5.41) is 13.1. The van der Waals surface area contributed by atoms with Crippen LogP contribution < -0.4 is 5.32 Å². The summed E-state index contributed by atoms with van der Waals surface area (Å²) < 4.78 is 6.97. The van der Waals surface area contributed by atoms with Gasteiger partial charge in [-0.15, -0.1) is 16.8 Å². The Kier molecular flexibility index (Phi) is 6.60. The zero-order valence-electron chi connectivity index (χ0n) is 14.2. The Morgan fingerprint density at radius 1 is 1.33 bits per heavy atom. The highest BCUT2D eigenvalue weighted by atomic mass is 35.5. The van der Waals surface area contributed by atoms with Crippen LogP contribution in [0.15, 0.2) is 58.8 Å². The minimum absolute atomic E-state index is 0.225. The molecule has 1 aromatic carbocycles. The van der Waals surface area contributed by atoms with Gasteiger partial charge in [0.25, 0.3) is 5.91 Å². The van der Waals surface area contributed by atoms with Gasteiger partial charge >= 0.3 is 0 Å². The lowest BCUT2D eigenvalue weighted by molar-refractivity contribution is 0.0921. The van der Waals surface area contributed by atoms with Gasteiger partial charge in [-0.25, -0.2) is 0 Å². The number of carbonyl (C=O) groups excluding carboxylic acids is 1. The van der Waals surface area contributed by atoms with Gasteiger partial charge in [-0.2, -0.15) is 0 Å². The van der Waals surface area contributed by atoms with Crippen LogP contribution >= 0.6 is 35.0 Å². The highest BCUT2D eigenvalue weighted by Crippen LogP contribution is 2.28. The van der Waals surface area contributed by atoms with E-state index in [0.717, 1.165) is 5.56 Å². The van der Waals surface area contributed by atoms with Crippen LogP contribution in [-0.4, -0.2) is 20.7 Å². The van der Waals surface area contributed by atoms with Crippen LogP contribution in [0.25, 0.3) is 0 Å². The number of nitrogens with zero attached hydrogens (tertiary/aromatic N) is 3. The first kappa shape index (κ1) is 19.5. The second-order valence-corrected chi connectivity index (χ2v) is 7.27. The maximum Gasteiger partial charge on any atom is 0.287 e. The van der Waals surface area contributed by atoms with E-state index in [4.69, 9.17) is 27.6 Å². The Balaban J connectivity index is 1.68. The molecule has 0 aliphatic carbocycles. The van der Waals surface area contributed by atoms with Gasteiger partial charge < -0.3 is 14.3 Å². The van der Waals surface area contributed by atoms with Crippen LogP contribution in [0.1, 0.15) is 21.9 Å². The van der Waals surface area contributed by atoms with Crippen molar-refractivity contribution in [3.8, 4) is 0 Å². The Morgan fingerprint density at radius 3 is 2.89 bits per heavy atom. The molecule has 3 rings (SSSR count). The van der Waals surface area contributed by atoms with Crippen molar-refractivity contribution in [3.63, 3.8) is 0 Å². The summed E-state index contributed by atoms with van der Waals surface area (Å²) in [5.74, 6) is 1.18. The van der Waals surface area contributed by atoms with Crippen molar-refractivity contribution in [2.75, 3.05) is 0 Å². The van der Waals surface area contributed by atoms with Gasteiger partial charge in [0.2, 0.25) is 0 Å². The lowest BCUT2D eigenvalue weighted by Gasteiger charge is -2.09. The molecule has 0 radical (unpaired) electrons. The van der Waals surface area contributed by atoms with E-state index in [-0.39, 0.29) is 18.2 Å². The molecule has 2 heterocycles. The molecule has 0 spiro atoms. The van der Waals surface area contributed by atoms with Crippen molar-refractivity contribution in [1.29, 1.82) is 0 Å². The molecule has 0 unspecified atom stereocenters. The number of hydrogen-bond acceptors (Lipinski definition) is 5.